The lowest BCUT2D eigenvalue weighted by Crippen LogP contribution is -2.60. The zero-order valence-corrected chi connectivity index (χ0v) is 29.1. The molecule has 8 heteroatoms. The molecule has 6 saturated carbocycles. The lowest BCUT2D eigenvalue weighted by Gasteiger charge is -2.64. The third kappa shape index (κ3) is 4.37. The van der Waals surface area contributed by atoms with Gasteiger partial charge in [0, 0.05) is 24.8 Å². The summed E-state index contributed by atoms with van der Waals surface area (Å²) in [4.78, 5) is 26.4. The van der Waals surface area contributed by atoms with Crippen LogP contribution in [-0.2, 0) is 23.8 Å². The Balaban J connectivity index is 0.995. The number of aliphatic hydroxyl groups excluding tert-OH is 1. The summed E-state index contributed by atoms with van der Waals surface area (Å²) in [6.07, 6.45) is 12.4. The van der Waals surface area contributed by atoms with Crippen LogP contribution >= 0.6 is 0 Å². The Kier molecular flexibility index (Phi) is 7.40. The van der Waals surface area contributed by atoms with Gasteiger partial charge in [-0.1, -0.05) is 34.6 Å². The molecule has 3 N–H and O–H groups in total. The molecule has 0 aromatic heterocycles. The normalized spacial score (nSPS) is 52.0. The van der Waals surface area contributed by atoms with Crippen molar-refractivity contribution in [2.24, 2.45) is 62.4 Å². The highest BCUT2D eigenvalue weighted by atomic mass is 16.7. The fourth-order valence-electron chi connectivity index (χ4n) is 13.9. The van der Waals surface area contributed by atoms with Gasteiger partial charge in [0.25, 0.3) is 0 Å². The minimum absolute atomic E-state index is 0.00432. The Morgan fingerprint density at radius 1 is 1.00 bits per heavy atom. The smallest absolute Gasteiger partial charge is 0.223 e. The molecule has 0 aromatic rings. The van der Waals surface area contributed by atoms with Crippen molar-refractivity contribution in [2.45, 2.75) is 149 Å². The van der Waals surface area contributed by atoms with E-state index < -0.39 is 6.10 Å². The number of hydrogen-bond acceptors (Lipinski definition) is 6. The summed E-state index contributed by atoms with van der Waals surface area (Å²) in [5.41, 5.74) is 5.98. The highest BCUT2D eigenvalue weighted by molar-refractivity contribution is 5.76. The molecule has 8 fully saturated rings. The van der Waals surface area contributed by atoms with E-state index in [2.05, 4.69) is 34.6 Å². The molecule has 2 saturated heterocycles. The van der Waals surface area contributed by atoms with E-state index in [9.17, 15) is 14.7 Å². The SMILES string of the molecule is C[C@@H]1CC(CCC(N)=O)OC2[C@H]1[C@@]1(C)CC[C@@]34C[C@@]35CCC(O[C@H]3CN(C(=O)CC6CC6)CCO3)C(C)(C)[C@@H]5CCC4[C@]1(C)[C@H]2O. The first-order chi connectivity index (χ1) is 21.8. The third-order valence-electron chi connectivity index (χ3n) is 16.4. The molecule has 0 bridgehead atoms. The van der Waals surface area contributed by atoms with E-state index in [1.54, 1.807) is 0 Å². The average molecular weight is 641 g/mol. The van der Waals surface area contributed by atoms with Gasteiger partial charge in [-0.05, 0) is 122 Å². The van der Waals surface area contributed by atoms with E-state index in [4.69, 9.17) is 19.9 Å². The topological polar surface area (TPSA) is 111 Å². The van der Waals surface area contributed by atoms with Crippen molar-refractivity contribution in [3.63, 3.8) is 0 Å². The number of fused-ring (bicyclic) bond motifs is 4. The van der Waals surface area contributed by atoms with Gasteiger partial charge in [0.2, 0.25) is 11.8 Å². The molecule has 2 spiro atoms. The van der Waals surface area contributed by atoms with Gasteiger partial charge in [0.15, 0.2) is 6.29 Å². The van der Waals surface area contributed by atoms with Gasteiger partial charge in [-0.25, -0.2) is 0 Å². The Morgan fingerprint density at radius 3 is 2.48 bits per heavy atom. The second-order valence-corrected chi connectivity index (χ2v) is 18.6. The predicted molar refractivity (Wildman–Crippen MR) is 173 cm³/mol. The van der Waals surface area contributed by atoms with Crippen molar-refractivity contribution in [1.29, 1.82) is 0 Å². The molecule has 0 radical (unpaired) electrons. The first-order valence-electron chi connectivity index (χ1n) is 18.9. The minimum Gasteiger partial charge on any atom is -0.390 e. The van der Waals surface area contributed by atoms with E-state index in [0.29, 0.717) is 79.4 Å². The van der Waals surface area contributed by atoms with E-state index in [0.717, 1.165) is 25.7 Å². The number of ether oxygens (including phenoxy) is 3. The molecule has 8 rings (SSSR count). The quantitative estimate of drug-likeness (QED) is 0.384. The van der Waals surface area contributed by atoms with E-state index >= 15 is 0 Å². The fraction of sp³-hybridized carbons (Fsp3) is 0.947. The van der Waals surface area contributed by atoms with Gasteiger partial charge in [-0.2, -0.15) is 0 Å². The number of nitrogens with zero attached hydrogens (tertiary/aromatic N) is 1. The summed E-state index contributed by atoms with van der Waals surface area (Å²) in [7, 11) is 0. The number of aliphatic hydroxyl groups is 1. The maximum Gasteiger partial charge on any atom is 0.223 e. The maximum absolute atomic E-state index is 12.9. The Hall–Kier alpha value is -1.22. The summed E-state index contributed by atoms with van der Waals surface area (Å²) in [5.74, 6) is 2.47. The number of carbonyl (C=O) groups excluding carboxylic acids is 2. The van der Waals surface area contributed by atoms with E-state index in [-0.39, 0.29) is 52.7 Å². The molecular weight excluding hydrogens is 580 g/mol. The molecule has 6 aliphatic carbocycles. The molecule has 2 amide bonds. The second-order valence-electron chi connectivity index (χ2n) is 18.6. The number of nitrogens with two attached hydrogens (primary N) is 1. The fourth-order valence-corrected chi connectivity index (χ4v) is 13.9. The molecule has 2 aliphatic heterocycles. The van der Waals surface area contributed by atoms with Crippen LogP contribution < -0.4 is 5.73 Å². The van der Waals surface area contributed by atoms with Crippen LogP contribution in [0.1, 0.15) is 118 Å². The highest BCUT2D eigenvalue weighted by Crippen LogP contribution is 2.89. The van der Waals surface area contributed by atoms with Crippen LogP contribution in [0.4, 0.5) is 0 Å². The van der Waals surface area contributed by atoms with E-state index in [1.807, 2.05) is 4.90 Å². The second kappa shape index (κ2) is 10.6. The van der Waals surface area contributed by atoms with Crippen LogP contribution in [0.5, 0.6) is 0 Å². The van der Waals surface area contributed by atoms with Crippen LogP contribution in [0, 0.1) is 56.7 Å². The summed E-state index contributed by atoms with van der Waals surface area (Å²) in [5, 5.41) is 12.4. The molecule has 46 heavy (non-hydrogen) atoms. The third-order valence-corrected chi connectivity index (χ3v) is 16.4. The zero-order chi connectivity index (χ0) is 32.4. The molecular formula is C38H60N2O6. The number of primary amides is 1. The molecule has 2 heterocycles. The summed E-state index contributed by atoms with van der Waals surface area (Å²) < 4.78 is 19.7. The number of morpholine rings is 1. The molecule has 13 atom stereocenters. The van der Waals surface area contributed by atoms with Crippen LogP contribution in [0.3, 0.4) is 0 Å². The number of rotatable bonds is 7. The van der Waals surface area contributed by atoms with Gasteiger partial charge in [-0.15, -0.1) is 0 Å². The van der Waals surface area contributed by atoms with Gasteiger partial charge in [-0.3, -0.25) is 9.59 Å². The van der Waals surface area contributed by atoms with Crippen LogP contribution in [0.15, 0.2) is 0 Å². The van der Waals surface area contributed by atoms with Crippen molar-refractivity contribution in [3.8, 4) is 0 Å². The Morgan fingerprint density at radius 2 is 1.74 bits per heavy atom. The lowest BCUT2D eigenvalue weighted by atomic mass is 9.41. The van der Waals surface area contributed by atoms with E-state index in [1.165, 1.54) is 38.5 Å². The van der Waals surface area contributed by atoms with Gasteiger partial charge in [0.05, 0.1) is 37.6 Å². The van der Waals surface area contributed by atoms with Gasteiger partial charge < -0.3 is 30.0 Å². The maximum atomic E-state index is 12.9. The van der Waals surface area contributed by atoms with Crippen molar-refractivity contribution >= 4 is 11.8 Å². The van der Waals surface area contributed by atoms with Crippen LogP contribution in [0.25, 0.3) is 0 Å². The number of carbonyl (C=O) groups is 2. The van der Waals surface area contributed by atoms with Crippen molar-refractivity contribution in [1.82, 2.24) is 4.90 Å². The molecule has 8 aliphatic rings. The lowest BCUT2D eigenvalue weighted by molar-refractivity contribution is -0.248. The predicted octanol–water partition coefficient (Wildman–Crippen LogP) is 5.44. The highest BCUT2D eigenvalue weighted by Gasteiger charge is 2.84. The van der Waals surface area contributed by atoms with Crippen LogP contribution in [0.2, 0.25) is 0 Å². The summed E-state index contributed by atoms with van der Waals surface area (Å²) >= 11 is 0. The Bertz CT molecular complexity index is 1250. The van der Waals surface area contributed by atoms with Crippen molar-refractivity contribution < 1.29 is 28.9 Å². The summed E-state index contributed by atoms with van der Waals surface area (Å²) in [6, 6.07) is 0. The molecule has 0 aromatic carbocycles. The van der Waals surface area contributed by atoms with Crippen molar-refractivity contribution in [3.05, 3.63) is 0 Å². The van der Waals surface area contributed by atoms with Crippen LogP contribution in [-0.4, -0.2) is 72.2 Å². The average Bonchev–Trinajstić information content (AvgIpc) is 3.93. The number of hydrogen-bond donors (Lipinski definition) is 2. The molecule has 258 valence electrons. The van der Waals surface area contributed by atoms with Crippen molar-refractivity contribution in [2.75, 3.05) is 19.7 Å². The minimum atomic E-state index is -0.487. The monoisotopic (exact) mass is 640 g/mol. The largest absolute Gasteiger partial charge is 0.390 e. The first kappa shape index (κ1) is 32.0. The standard InChI is InChI=1S/C38H60N2O6/c1-22-18-24(8-11-28(39)41)45-32-31(22)35(4)14-15-38-21-37(38)13-12-27(34(2,3)25(37)9-10-26(38)36(35,5)33(32)43)46-30-20-40(16-17-44-30)29(42)19-23-6-7-23/h22-27,30-33,43H,6-21H2,1-5H3,(H2,39,41)/t22-,24?,25+,26?,27?,30+,31+,32?,33+,35-,36-,37-,38+/m1/s1. The number of amides is 2. The van der Waals surface area contributed by atoms with Gasteiger partial charge >= 0.3 is 0 Å². The summed E-state index contributed by atoms with van der Waals surface area (Å²) in [6.45, 7) is 14.0. The van der Waals surface area contributed by atoms with Gasteiger partial charge in [0.1, 0.15) is 0 Å². The zero-order valence-electron chi connectivity index (χ0n) is 29.1. The molecule has 8 nitrogen and oxygen atoms in total. The Labute approximate surface area is 276 Å². The first-order valence-corrected chi connectivity index (χ1v) is 18.9. The molecule has 4 unspecified atom stereocenters.